The minimum absolute atomic E-state index is 0.0000620. The van der Waals surface area contributed by atoms with Crippen LogP contribution in [0, 0.1) is 35.5 Å². The van der Waals surface area contributed by atoms with Crippen molar-refractivity contribution in [3.8, 4) is 0 Å². The van der Waals surface area contributed by atoms with Gasteiger partial charge in [-0.15, -0.1) is 0 Å². The molecule has 0 aliphatic heterocycles. The summed E-state index contributed by atoms with van der Waals surface area (Å²) < 4.78 is 27.3. The van der Waals surface area contributed by atoms with E-state index in [9.17, 15) is 47.4 Å². The molecular weight excluding hydrogens is 705 g/mol. The van der Waals surface area contributed by atoms with Gasteiger partial charge in [-0.1, -0.05) is 0 Å². The fourth-order valence-electron chi connectivity index (χ4n) is 10.0. The fourth-order valence-corrected chi connectivity index (χ4v) is 12.4. The number of carbonyl (C=O) groups excluding carboxylic acids is 4. The van der Waals surface area contributed by atoms with Crippen LogP contribution < -0.4 is 21.3 Å². The highest BCUT2D eigenvalue weighted by molar-refractivity contribution is 7.92. The quantitative estimate of drug-likeness (QED) is 0.169. The molecule has 0 saturated heterocycles. The monoisotopic (exact) mass is 764 g/mol. The van der Waals surface area contributed by atoms with Gasteiger partial charge in [0.25, 0.3) is 0 Å². The van der Waals surface area contributed by atoms with E-state index in [1.165, 1.54) is 6.92 Å². The Morgan fingerprint density at radius 3 is 1.38 bits per heavy atom. The van der Waals surface area contributed by atoms with Gasteiger partial charge in [-0.3, -0.25) is 28.8 Å². The van der Waals surface area contributed by atoms with Gasteiger partial charge >= 0.3 is 11.9 Å². The van der Waals surface area contributed by atoms with Crippen molar-refractivity contribution >= 4 is 45.3 Å². The van der Waals surface area contributed by atoms with Crippen molar-refractivity contribution < 1.29 is 47.4 Å². The Kier molecular flexibility index (Phi) is 14.0. The molecule has 6 N–H and O–H groups in total. The number of ketones is 1. The SMILES string of the molecule is CNC1CCC(C(=O)NC2CCCC(NC(=O)C3CCC(NC(=O)C4CCC(S(=O)(=O)C5CCC(C(C)=O)C(C(=O)O)C5)CC4C(=O)O)CC3)C2)CC1. The van der Waals surface area contributed by atoms with E-state index in [1.807, 2.05) is 7.05 Å². The second-order valence-electron chi connectivity index (χ2n) is 16.6. The smallest absolute Gasteiger partial charge is 0.307 e. The molecule has 0 aromatic rings. The largest absolute Gasteiger partial charge is 0.481 e. The van der Waals surface area contributed by atoms with Gasteiger partial charge in [-0.05, 0) is 130 Å². The normalized spacial score (nSPS) is 36.7. The maximum atomic E-state index is 13.7. The van der Waals surface area contributed by atoms with Crippen LogP contribution in [0.5, 0.6) is 0 Å². The Morgan fingerprint density at radius 1 is 0.491 bits per heavy atom. The van der Waals surface area contributed by atoms with Crippen LogP contribution in [0.4, 0.5) is 0 Å². The van der Waals surface area contributed by atoms with Crippen LogP contribution in [-0.2, 0) is 38.6 Å². The van der Waals surface area contributed by atoms with Gasteiger partial charge in [0.2, 0.25) is 17.7 Å². The zero-order valence-electron chi connectivity index (χ0n) is 31.2. The van der Waals surface area contributed by atoms with Crippen molar-refractivity contribution in [1.29, 1.82) is 0 Å². The summed E-state index contributed by atoms with van der Waals surface area (Å²) in [5.41, 5.74) is 0. The van der Waals surface area contributed by atoms with E-state index in [0.717, 1.165) is 44.9 Å². The van der Waals surface area contributed by atoms with Crippen LogP contribution in [-0.4, -0.2) is 95.8 Å². The Hall–Kier alpha value is -3.07. The topological polar surface area (TPSA) is 225 Å². The first kappa shape index (κ1) is 41.1. The molecule has 0 heterocycles. The number of hydrogen-bond acceptors (Lipinski definition) is 9. The first-order chi connectivity index (χ1) is 25.2. The number of carbonyl (C=O) groups is 6. The maximum Gasteiger partial charge on any atom is 0.307 e. The van der Waals surface area contributed by atoms with Gasteiger partial charge in [0.1, 0.15) is 5.78 Å². The highest BCUT2D eigenvalue weighted by Crippen LogP contribution is 2.41. The number of sulfone groups is 1. The first-order valence-electron chi connectivity index (χ1n) is 19.9. The van der Waals surface area contributed by atoms with E-state index in [4.69, 9.17) is 0 Å². The van der Waals surface area contributed by atoms with E-state index in [-0.39, 0.29) is 86.1 Å². The van der Waals surface area contributed by atoms with Crippen LogP contribution in [0.25, 0.3) is 0 Å². The second-order valence-corrected chi connectivity index (χ2v) is 19.2. The number of aliphatic carboxylic acids is 2. The molecule has 0 aromatic heterocycles. The summed E-state index contributed by atoms with van der Waals surface area (Å²) in [6.45, 7) is 1.32. The standard InChI is InChI=1S/C38H60N4O10S/c1-21(43)30-16-14-28(19-32(30)37(47)48)53(51,52)29-15-17-31(33(20-29)38(49)50)36(46)40-25-12-8-23(9-13-25)35(45)42-27-5-3-4-26(18-27)41-34(44)22-6-10-24(39-2)11-7-22/h22-33,39H,3-20H2,1-2H3,(H,40,46)(H,41,44)(H,42,45)(H,47,48)(H,49,50). The number of hydrogen-bond donors (Lipinski definition) is 6. The molecule has 5 aliphatic carbocycles. The molecule has 0 radical (unpaired) electrons. The number of amides is 3. The number of rotatable bonds is 12. The van der Waals surface area contributed by atoms with Crippen LogP contribution in [0.2, 0.25) is 0 Å². The van der Waals surface area contributed by atoms with Gasteiger partial charge in [0.15, 0.2) is 9.84 Å². The molecule has 0 aromatic carbocycles. The van der Waals surface area contributed by atoms with Crippen molar-refractivity contribution in [2.45, 2.75) is 157 Å². The Morgan fingerprint density at radius 2 is 0.925 bits per heavy atom. The molecule has 5 aliphatic rings. The highest BCUT2D eigenvalue weighted by Gasteiger charge is 2.49. The molecule has 5 rings (SSSR count). The Bertz CT molecular complexity index is 1470. The highest BCUT2D eigenvalue weighted by atomic mass is 32.2. The summed E-state index contributed by atoms with van der Waals surface area (Å²) in [5, 5.41) is 30.5. The minimum Gasteiger partial charge on any atom is -0.481 e. The number of Topliss-reactive ketones (excluding diaryl/α,β-unsaturated/α-hetero) is 1. The average molecular weight is 765 g/mol. The lowest BCUT2D eigenvalue weighted by atomic mass is 9.77. The van der Waals surface area contributed by atoms with Gasteiger partial charge in [-0.25, -0.2) is 8.42 Å². The summed E-state index contributed by atoms with van der Waals surface area (Å²) in [6, 6.07) is 0.318. The fraction of sp³-hybridized carbons (Fsp3) is 0.842. The summed E-state index contributed by atoms with van der Waals surface area (Å²) in [6.07, 6.45) is 9.58. The molecule has 0 spiro atoms. The molecule has 0 bridgehead atoms. The van der Waals surface area contributed by atoms with E-state index in [1.54, 1.807) is 0 Å². The van der Waals surface area contributed by atoms with Crippen molar-refractivity contribution in [3.05, 3.63) is 0 Å². The predicted octanol–water partition coefficient (Wildman–Crippen LogP) is 2.73. The lowest BCUT2D eigenvalue weighted by Gasteiger charge is -2.38. The molecule has 8 unspecified atom stereocenters. The molecule has 5 fully saturated rings. The van der Waals surface area contributed by atoms with Crippen LogP contribution in [0.1, 0.15) is 122 Å². The van der Waals surface area contributed by atoms with E-state index >= 15 is 0 Å². The lowest BCUT2D eigenvalue weighted by Crippen LogP contribution is -2.50. The Labute approximate surface area is 313 Å². The van der Waals surface area contributed by atoms with Crippen molar-refractivity contribution in [2.24, 2.45) is 35.5 Å². The lowest BCUT2D eigenvalue weighted by molar-refractivity contribution is -0.149. The molecule has 8 atom stereocenters. The van der Waals surface area contributed by atoms with Crippen molar-refractivity contribution in [3.63, 3.8) is 0 Å². The first-order valence-corrected chi connectivity index (χ1v) is 21.6. The summed E-state index contributed by atoms with van der Waals surface area (Å²) in [7, 11) is -1.95. The molecule has 298 valence electrons. The van der Waals surface area contributed by atoms with Crippen LogP contribution in [0.15, 0.2) is 0 Å². The number of nitrogens with one attached hydrogen (secondary N) is 4. The third-order valence-corrected chi connectivity index (χ3v) is 16.1. The van der Waals surface area contributed by atoms with Gasteiger partial charge in [-0.2, -0.15) is 0 Å². The number of carboxylic acid groups (broad SMARTS) is 2. The van der Waals surface area contributed by atoms with E-state index in [2.05, 4.69) is 21.3 Å². The zero-order valence-corrected chi connectivity index (χ0v) is 32.0. The summed E-state index contributed by atoms with van der Waals surface area (Å²) >= 11 is 0. The minimum atomic E-state index is -3.91. The molecule has 5 saturated carbocycles. The predicted molar refractivity (Wildman–Crippen MR) is 195 cm³/mol. The van der Waals surface area contributed by atoms with Gasteiger partial charge < -0.3 is 31.5 Å². The zero-order chi connectivity index (χ0) is 38.4. The third-order valence-electron chi connectivity index (χ3n) is 13.3. The average Bonchev–Trinajstić information content (AvgIpc) is 3.14. The Balaban J connectivity index is 1.06. The number of carboxylic acids is 2. The van der Waals surface area contributed by atoms with Crippen molar-refractivity contribution in [2.75, 3.05) is 7.05 Å². The summed E-state index contributed by atoms with van der Waals surface area (Å²) in [5.74, 6) is -7.11. The molecule has 14 nitrogen and oxygen atoms in total. The molecular formula is C38H60N4O10S. The van der Waals surface area contributed by atoms with Crippen molar-refractivity contribution in [1.82, 2.24) is 21.3 Å². The molecule has 15 heteroatoms. The second kappa shape index (κ2) is 18.0. The van der Waals surface area contributed by atoms with Gasteiger partial charge in [0.05, 0.1) is 28.3 Å². The molecule has 53 heavy (non-hydrogen) atoms. The van der Waals surface area contributed by atoms with E-state index in [0.29, 0.717) is 38.1 Å². The van der Waals surface area contributed by atoms with Gasteiger partial charge in [0, 0.05) is 41.9 Å². The maximum absolute atomic E-state index is 13.7. The summed E-state index contributed by atoms with van der Waals surface area (Å²) in [4.78, 5) is 75.9. The third kappa shape index (κ3) is 10.2. The van der Waals surface area contributed by atoms with E-state index < -0.39 is 61.9 Å². The van der Waals surface area contributed by atoms with Crippen LogP contribution >= 0.6 is 0 Å². The molecule has 3 amide bonds. The van der Waals surface area contributed by atoms with Crippen LogP contribution in [0.3, 0.4) is 0 Å².